The molecule has 16 heavy (non-hydrogen) atoms. The summed E-state index contributed by atoms with van der Waals surface area (Å²) in [6.07, 6.45) is 2.04. The van der Waals surface area contributed by atoms with Gasteiger partial charge in [-0.15, -0.1) is 0 Å². The quantitative estimate of drug-likeness (QED) is 0.787. The van der Waals surface area contributed by atoms with Gasteiger partial charge in [0.1, 0.15) is 0 Å². The number of hydrogen-bond donors (Lipinski definition) is 2. The van der Waals surface area contributed by atoms with Crippen LogP contribution in [-0.2, 0) is 0 Å². The molecule has 0 bridgehead atoms. The average molecular weight is 221 g/mol. The molecule has 0 aliphatic carbocycles. The molecule has 4 nitrogen and oxygen atoms in total. The number of aliphatic hydroxyl groups excluding tert-OH is 1. The molecule has 0 aromatic carbocycles. The van der Waals surface area contributed by atoms with Gasteiger partial charge >= 0.3 is 0 Å². The maximum atomic E-state index is 9.09. The summed E-state index contributed by atoms with van der Waals surface area (Å²) in [6, 6.07) is 3.84. The molecule has 4 heteroatoms. The molecule has 1 aromatic heterocycles. The zero-order valence-corrected chi connectivity index (χ0v) is 9.69. The molecule has 0 amide bonds. The third-order valence-electron chi connectivity index (χ3n) is 3.22. The maximum Gasteiger partial charge on any atom is 0.152 e. The summed E-state index contributed by atoms with van der Waals surface area (Å²) in [5, 5.41) is 9.09. The van der Waals surface area contributed by atoms with Crippen LogP contribution >= 0.6 is 0 Å². The highest BCUT2D eigenvalue weighted by atomic mass is 16.3. The average Bonchev–Trinajstić information content (AvgIpc) is 2.32. The second-order valence-electron chi connectivity index (χ2n) is 4.48. The van der Waals surface area contributed by atoms with Gasteiger partial charge < -0.3 is 15.7 Å². The lowest BCUT2D eigenvalue weighted by atomic mass is 9.98. The van der Waals surface area contributed by atoms with Gasteiger partial charge in [0, 0.05) is 25.4 Å². The Morgan fingerprint density at radius 2 is 2.12 bits per heavy atom. The first-order valence-corrected chi connectivity index (χ1v) is 5.79. The van der Waals surface area contributed by atoms with Crippen molar-refractivity contribution in [2.24, 2.45) is 5.92 Å². The van der Waals surface area contributed by atoms with E-state index in [1.165, 1.54) is 0 Å². The molecule has 88 valence electrons. The van der Waals surface area contributed by atoms with E-state index < -0.39 is 0 Å². The molecule has 1 aromatic rings. The number of aryl methyl sites for hydroxylation is 1. The standard InChI is InChI=1S/C12H19N3O/c1-9-2-3-11(13)12(14-9)15-6-4-10(8-16)5-7-15/h2-3,10,16H,4-8,13H2,1H3. The predicted octanol–water partition coefficient (Wildman–Crippen LogP) is 1.18. The van der Waals surface area contributed by atoms with Crippen LogP contribution in [0.25, 0.3) is 0 Å². The van der Waals surface area contributed by atoms with Gasteiger partial charge in [-0.25, -0.2) is 4.98 Å². The summed E-state index contributed by atoms with van der Waals surface area (Å²) < 4.78 is 0. The molecule has 3 N–H and O–H groups in total. The molecule has 1 aliphatic rings. The number of hydrogen-bond acceptors (Lipinski definition) is 4. The number of piperidine rings is 1. The minimum atomic E-state index is 0.296. The van der Waals surface area contributed by atoms with Gasteiger partial charge in [0.05, 0.1) is 5.69 Å². The van der Waals surface area contributed by atoms with E-state index in [1.807, 2.05) is 19.1 Å². The molecule has 0 unspecified atom stereocenters. The predicted molar refractivity (Wildman–Crippen MR) is 65.4 cm³/mol. The van der Waals surface area contributed by atoms with Crippen LogP contribution in [0.1, 0.15) is 18.5 Å². The minimum Gasteiger partial charge on any atom is -0.396 e. The fraction of sp³-hybridized carbons (Fsp3) is 0.583. The molecule has 2 heterocycles. The molecule has 1 fully saturated rings. The Kier molecular flexibility index (Phi) is 3.29. The van der Waals surface area contributed by atoms with Crippen molar-refractivity contribution in [2.45, 2.75) is 19.8 Å². The highest BCUT2D eigenvalue weighted by Crippen LogP contribution is 2.26. The first-order chi connectivity index (χ1) is 7.70. The van der Waals surface area contributed by atoms with Gasteiger partial charge in [-0.3, -0.25) is 0 Å². The molecule has 0 saturated carbocycles. The van der Waals surface area contributed by atoms with Gasteiger partial charge in [0.15, 0.2) is 5.82 Å². The Balaban J connectivity index is 2.10. The van der Waals surface area contributed by atoms with Crippen LogP contribution in [0, 0.1) is 12.8 Å². The van der Waals surface area contributed by atoms with Crippen molar-refractivity contribution in [3.8, 4) is 0 Å². The summed E-state index contributed by atoms with van der Waals surface area (Å²) >= 11 is 0. The van der Waals surface area contributed by atoms with Crippen LogP contribution < -0.4 is 10.6 Å². The van der Waals surface area contributed by atoms with Crippen LogP contribution in [-0.4, -0.2) is 29.8 Å². The fourth-order valence-corrected chi connectivity index (χ4v) is 2.13. The van der Waals surface area contributed by atoms with E-state index in [4.69, 9.17) is 10.8 Å². The van der Waals surface area contributed by atoms with E-state index in [-0.39, 0.29) is 0 Å². The number of nitrogens with two attached hydrogens (primary N) is 1. The molecule has 0 radical (unpaired) electrons. The van der Waals surface area contributed by atoms with Gasteiger partial charge in [-0.1, -0.05) is 0 Å². The molecular weight excluding hydrogens is 202 g/mol. The van der Waals surface area contributed by atoms with Crippen molar-refractivity contribution >= 4 is 11.5 Å². The number of rotatable bonds is 2. The number of pyridine rings is 1. The Morgan fingerprint density at radius 1 is 1.44 bits per heavy atom. The number of nitrogens with zero attached hydrogens (tertiary/aromatic N) is 2. The molecule has 1 saturated heterocycles. The number of aromatic nitrogens is 1. The van der Waals surface area contributed by atoms with Crippen molar-refractivity contribution in [3.63, 3.8) is 0 Å². The Labute approximate surface area is 96.1 Å². The van der Waals surface area contributed by atoms with Crippen molar-refractivity contribution in [2.75, 3.05) is 30.3 Å². The van der Waals surface area contributed by atoms with Crippen LogP contribution in [0.3, 0.4) is 0 Å². The Bertz CT molecular complexity index is 359. The maximum absolute atomic E-state index is 9.09. The van der Waals surface area contributed by atoms with E-state index in [9.17, 15) is 0 Å². The van der Waals surface area contributed by atoms with Crippen molar-refractivity contribution in [1.29, 1.82) is 0 Å². The highest BCUT2D eigenvalue weighted by molar-refractivity contribution is 5.63. The molecule has 0 atom stereocenters. The largest absolute Gasteiger partial charge is 0.396 e. The molecule has 1 aliphatic heterocycles. The number of aliphatic hydroxyl groups is 1. The topological polar surface area (TPSA) is 62.4 Å². The van der Waals surface area contributed by atoms with Gasteiger partial charge in [0.25, 0.3) is 0 Å². The van der Waals surface area contributed by atoms with Crippen LogP contribution in [0.2, 0.25) is 0 Å². The van der Waals surface area contributed by atoms with Crippen LogP contribution in [0.15, 0.2) is 12.1 Å². The third-order valence-corrected chi connectivity index (χ3v) is 3.22. The summed E-state index contributed by atoms with van der Waals surface area (Å²) in [7, 11) is 0. The fourth-order valence-electron chi connectivity index (χ4n) is 2.13. The lowest BCUT2D eigenvalue weighted by Crippen LogP contribution is -2.35. The normalized spacial score (nSPS) is 17.8. The van der Waals surface area contributed by atoms with Gasteiger partial charge in [-0.2, -0.15) is 0 Å². The lowest BCUT2D eigenvalue weighted by molar-refractivity contribution is 0.203. The number of nitrogen functional groups attached to an aromatic ring is 1. The Morgan fingerprint density at radius 3 is 2.75 bits per heavy atom. The zero-order chi connectivity index (χ0) is 11.5. The van der Waals surface area contributed by atoms with E-state index in [0.717, 1.165) is 43.1 Å². The highest BCUT2D eigenvalue weighted by Gasteiger charge is 2.20. The Hall–Kier alpha value is -1.29. The third kappa shape index (κ3) is 2.27. The summed E-state index contributed by atoms with van der Waals surface area (Å²) in [6.45, 7) is 4.14. The minimum absolute atomic E-state index is 0.296. The molecule has 2 rings (SSSR count). The van der Waals surface area contributed by atoms with E-state index in [1.54, 1.807) is 0 Å². The van der Waals surface area contributed by atoms with Crippen molar-refractivity contribution in [3.05, 3.63) is 17.8 Å². The summed E-state index contributed by atoms with van der Waals surface area (Å²) in [5.74, 6) is 1.35. The monoisotopic (exact) mass is 221 g/mol. The SMILES string of the molecule is Cc1ccc(N)c(N2CCC(CO)CC2)n1. The van der Waals surface area contributed by atoms with Crippen molar-refractivity contribution < 1.29 is 5.11 Å². The van der Waals surface area contributed by atoms with Crippen LogP contribution in [0.5, 0.6) is 0 Å². The van der Waals surface area contributed by atoms with E-state index in [0.29, 0.717) is 12.5 Å². The zero-order valence-electron chi connectivity index (χ0n) is 9.69. The second kappa shape index (κ2) is 4.70. The first kappa shape index (κ1) is 11.2. The smallest absolute Gasteiger partial charge is 0.152 e. The molecule has 0 spiro atoms. The van der Waals surface area contributed by atoms with Crippen molar-refractivity contribution in [1.82, 2.24) is 4.98 Å². The lowest BCUT2D eigenvalue weighted by Gasteiger charge is -2.32. The van der Waals surface area contributed by atoms with Crippen LogP contribution in [0.4, 0.5) is 11.5 Å². The first-order valence-electron chi connectivity index (χ1n) is 5.79. The van der Waals surface area contributed by atoms with E-state index >= 15 is 0 Å². The summed E-state index contributed by atoms with van der Waals surface area (Å²) in [5.41, 5.74) is 7.67. The number of anilines is 2. The van der Waals surface area contributed by atoms with Gasteiger partial charge in [0.2, 0.25) is 0 Å². The van der Waals surface area contributed by atoms with E-state index in [2.05, 4.69) is 9.88 Å². The van der Waals surface area contributed by atoms with Gasteiger partial charge in [-0.05, 0) is 37.8 Å². The summed E-state index contributed by atoms with van der Waals surface area (Å²) in [4.78, 5) is 6.70. The molecular formula is C12H19N3O. The second-order valence-corrected chi connectivity index (χ2v) is 4.48.